The lowest BCUT2D eigenvalue weighted by molar-refractivity contribution is 0.232. The number of carbonyl (C=O) groups excluding carboxylic acids is 1. The summed E-state index contributed by atoms with van der Waals surface area (Å²) in [5.41, 5.74) is 0.0604. The Hall–Kier alpha value is -1.03. The van der Waals surface area contributed by atoms with Gasteiger partial charge in [-0.15, -0.1) is 11.3 Å². The van der Waals surface area contributed by atoms with E-state index in [1.54, 1.807) is 0 Å². The molecule has 0 unspecified atom stereocenters. The molecule has 0 aromatic carbocycles. The maximum Gasteiger partial charge on any atom is 0.315 e. The molecule has 2 N–H and O–H groups in total. The molecule has 2 aliphatic rings. The van der Waals surface area contributed by atoms with E-state index in [0.717, 1.165) is 19.4 Å². The molecule has 1 aliphatic carbocycles. The molecule has 2 heterocycles. The Morgan fingerprint density at radius 2 is 2.19 bits per heavy atom. The number of carbonyl (C=O) groups is 1. The average molecular weight is 236 g/mol. The fourth-order valence-corrected chi connectivity index (χ4v) is 3.76. The highest BCUT2D eigenvalue weighted by atomic mass is 32.1. The molecule has 2 amide bonds. The summed E-state index contributed by atoms with van der Waals surface area (Å²) in [6.07, 6.45) is 4.60. The third-order valence-corrected chi connectivity index (χ3v) is 4.89. The van der Waals surface area contributed by atoms with Gasteiger partial charge in [0.25, 0.3) is 0 Å². The van der Waals surface area contributed by atoms with Gasteiger partial charge in [0.15, 0.2) is 0 Å². The largest absolute Gasteiger partial charge is 0.336 e. The lowest BCUT2D eigenvalue weighted by Crippen LogP contribution is -2.46. The maximum absolute atomic E-state index is 11.2. The molecule has 1 saturated heterocycles. The third kappa shape index (κ3) is 1.71. The van der Waals surface area contributed by atoms with E-state index in [9.17, 15) is 4.79 Å². The van der Waals surface area contributed by atoms with Crippen molar-refractivity contribution in [3.8, 4) is 0 Å². The van der Waals surface area contributed by atoms with Crippen molar-refractivity contribution >= 4 is 17.4 Å². The maximum atomic E-state index is 11.2. The van der Waals surface area contributed by atoms with Gasteiger partial charge in [-0.3, -0.25) is 0 Å². The summed E-state index contributed by atoms with van der Waals surface area (Å²) < 4.78 is 0. The number of urea groups is 1. The van der Waals surface area contributed by atoms with Crippen molar-refractivity contribution in [3.63, 3.8) is 0 Å². The van der Waals surface area contributed by atoms with Gasteiger partial charge in [0.05, 0.1) is 5.54 Å². The fourth-order valence-electron chi connectivity index (χ4n) is 2.86. The molecule has 4 heteroatoms. The Morgan fingerprint density at radius 3 is 2.75 bits per heavy atom. The lowest BCUT2D eigenvalue weighted by atomic mass is 9.76. The molecule has 3 nitrogen and oxygen atoms in total. The van der Waals surface area contributed by atoms with Gasteiger partial charge in [-0.05, 0) is 43.0 Å². The van der Waals surface area contributed by atoms with Gasteiger partial charge < -0.3 is 10.6 Å². The number of hydrogen-bond donors (Lipinski definition) is 2. The van der Waals surface area contributed by atoms with E-state index < -0.39 is 0 Å². The van der Waals surface area contributed by atoms with Crippen LogP contribution >= 0.6 is 11.3 Å². The number of nitrogens with one attached hydrogen (secondary N) is 2. The highest BCUT2D eigenvalue weighted by Gasteiger charge is 2.40. The molecule has 0 bridgehead atoms. The second kappa shape index (κ2) is 3.77. The first-order valence-corrected chi connectivity index (χ1v) is 6.75. The van der Waals surface area contributed by atoms with Crippen molar-refractivity contribution in [2.75, 3.05) is 6.54 Å². The predicted molar refractivity (Wildman–Crippen MR) is 64.8 cm³/mol. The van der Waals surface area contributed by atoms with Crippen LogP contribution < -0.4 is 10.6 Å². The minimum absolute atomic E-state index is 0.00886. The summed E-state index contributed by atoms with van der Waals surface area (Å²) >= 11 is 1.86. The molecule has 16 heavy (non-hydrogen) atoms. The quantitative estimate of drug-likeness (QED) is 0.772. The van der Waals surface area contributed by atoms with Crippen LogP contribution in [0.1, 0.15) is 36.5 Å². The lowest BCUT2D eigenvalue weighted by Gasteiger charge is -2.35. The second-order valence-corrected chi connectivity index (χ2v) is 5.86. The van der Waals surface area contributed by atoms with Crippen LogP contribution in [-0.4, -0.2) is 18.1 Å². The molecule has 0 atom stereocenters. The van der Waals surface area contributed by atoms with Gasteiger partial charge in [-0.2, -0.15) is 0 Å². The molecule has 2 fully saturated rings. The van der Waals surface area contributed by atoms with Crippen molar-refractivity contribution in [1.29, 1.82) is 0 Å². The Morgan fingerprint density at radius 1 is 1.38 bits per heavy atom. The predicted octanol–water partition coefficient (Wildman–Crippen LogP) is 2.46. The average Bonchev–Trinajstić information content (AvgIpc) is 2.91. The summed E-state index contributed by atoms with van der Waals surface area (Å²) in [5, 5.41) is 8.12. The molecule has 1 spiro atoms. The van der Waals surface area contributed by atoms with Crippen LogP contribution in [0.4, 0.5) is 4.79 Å². The molecule has 3 rings (SSSR count). The SMILES string of the molecule is O=C1NCC2(CCC(c3cccs3)CC2)N1. The molecule has 1 saturated carbocycles. The van der Waals surface area contributed by atoms with Gasteiger partial charge in [-0.25, -0.2) is 4.79 Å². The van der Waals surface area contributed by atoms with Crippen LogP contribution in [0, 0.1) is 0 Å². The fraction of sp³-hybridized carbons (Fsp3) is 0.583. The van der Waals surface area contributed by atoms with Gasteiger partial charge in [0.1, 0.15) is 0 Å². The molecule has 1 aromatic heterocycles. The minimum atomic E-state index is 0.00886. The summed E-state index contributed by atoms with van der Waals surface area (Å²) in [7, 11) is 0. The Bertz CT molecular complexity index is 380. The van der Waals surface area contributed by atoms with Crippen molar-refractivity contribution in [2.24, 2.45) is 0 Å². The van der Waals surface area contributed by atoms with E-state index in [1.807, 2.05) is 11.3 Å². The van der Waals surface area contributed by atoms with E-state index in [4.69, 9.17) is 0 Å². The smallest absolute Gasteiger partial charge is 0.315 e. The minimum Gasteiger partial charge on any atom is -0.336 e. The molecular weight excluding hydrogens is 220 g/mol. The normalized spacial score (nSPS) is 33.8. The number of thiophene rings is 1. The topological polar surface area (TPSA) is 41.1 Å². The van der Waals surface area contributed by atoms with Gasteiger partial charge in [-0.1, -0.05) is 6.07 Å². The first-order valence-electron chi connectivity index (χ1n) is 5.87. The van der Waals surface area contributed by atoms with Gasteiger partial charge >= 0.3 is 6.03 Å². The van der Waals surface area contributed by atoms with Crippen molar-refractivity contribution in [1.82, 2.24) is 10.6 Å². The van der Waals surface area contributed by atoms with E-state index in [-0.39, 0.29) is 11.6 Å². The molecule has 0 radical (unpaired) electrons. The molecule has 86 valence electrons. The zero-order valence-corrected chi connectivity index (χ0v) is 9.98. The van der Waals surface area contributed by atoms with E-state index in [1.165, 1.54) is 17.7 Å². The Labute approximate surface area is 99.2 Å². The van der Waals surface area contributed by atoms with E-state index >= 15 is 0 Å². The monoisotopic (exact) mass is 236 g/mol. The molecule has 1 aliphatic heterocycles. The number of hydrogen-bond acceptors (Lipinski definition) is 2. The van der Waals surface area contributed by atoms with Crippen LogP contribution in [0.5, 0.6) is 0 Å². The molecular formula is C12H16N2OS. The van der Waals surface area contributed by atoms with Crippen molar-refractivity contribution in [2.45, 2.75) is 37.1 Å². The Balaban J connectivity index is 1.66. The summed E-state index contributed by atoms with van der Waals surface area (Å²) in [5.74, 6) is 0.711. The van der Waals surface area contributed by atoms with Crippen LogP contribution in [0.25, 0.3) is 0 Å². The first-order chi connectivity index (χ1) is 7.77. The zero-order valence-electron chi connectivity index (χ0n) is 9.16. The third-order valence-electron chi connectivity index (χ3n) is 3.85. The van der Waals surface area contributed by atoms with Crippen LogP contribution in [0.2, 0.25) is 0 Å². The zero-order chi connectivity index (χ0) is 11.0. The second-order valence-electron chi connectivity index (χ2n) is 4.88. The van der Waals surface area contributed by atoms with E-state index in [0.29, 0.717) is 5.92 Å². The highest BCUT2D eigenvalue weighted by molar-refractivity contribution is 7.10. The van der Waals surface area contributed by atoms with Crippen LogP contribution in [0.15, 0.2) is 17.5 Å². The van der Waals surface area contributed by atoms with E-state index in [2.05, 4.69) is 28.1 Å². The summed E-state index contributed by atoms with van der Waals surface area (Å²) in [6.45, 7) is 0.809. The highest BCUT2D eigenvalue weighted by Crippen LogP contribution is 2.40. The van der Waals surface area contributed by atoms with Crippen LogP contribution in [0.3, 0.4) is 0 Å². The summed E-state index contributed by atoms with van der Waals surface area (Å²) in [4.78, 5) is 12.7. The van der Waals surface area contributed by atoms with Crippen molar-refractivity contribution in [3.05, 3.63) is 22.4 Å². The van der Waals surface area contributed by atoms with Gasteiger partial charge in [0.2, 0.25) is 0 Å². The molecule has 1 aromatic rings. The number of amides is 2. The van der Waals surface area contributed by atoms with Crippen molar-refractivity contribution < 1.29 is 4.79 Å². The summed E-state index contributed by atoms with van der Waals surface area (Å²) in [6, 6.07) is 4.37. The van der Waals surface area contributed by atoms with Crippen LogP contribution in [-0.2, 0) is 0 Å². The first kappa shape index (κ1) is 10.1. The van der Waals surface area contributed by atoms with Gasteiger partial charge in [0, 0.05) is 11.4 Å². The Kier molecular flexibility index (Phi) is 2.39. The number of rotatable bonds is 1. The standard InChI is InChI=1S/C12H16N2OS/c15-11-13-8-12(14-11)5-3-9(4-6-12)10-2-1-7-16-10/h1-2,7,9H,3-6,8H2,(H2,13,14,15).